The molecule has 3 atom stereocenters. The molecule has 0 bridgehead atoms. The van der Waals surface area contributed by atoms with Crippen molar-refractivity contribution < 1.29 is 9.18 Å². The van der Waals surface area contributed by atoms with E-state index < -0.39 is 12.1 Å². The highest BCUT2D eigenvalue weighted by atomic mass is 79.9. The highest BCUT2D eigenvalue weighted by Crippen LogP contribution is 2.48. The molecule has 0 radical (unpaired) electrons. The van der Waals surface area contributed by atoms with Crippen LogP contribution >= 0.6 is 27.5 Å². The molecule has 1 saturated heterocycles. The molecule has 3 aromatic rings. The Morgan fingerprint density at radius 2 is 1.82 bits per heavy atom. The largest absolute Gasteiger partial charge is 0.302 e. The summed E-state index contributed by atoms with van der Waals surface area (Å²) in [6.07, 6.45) is 0.856. The highest BCUT2D eigenvalue weighted by Gasteiger charge is 2.57. The van der Waals surface area contributed by atoms with Gasteiger partial charge in [0.15, 0.2) is 0 Å². The number of halogens is 3. The lowest BCUT2D eigenvalue weighted by molar-refractivity contribution is -0.121. The van der Waals surface area contributed by atoms with E-state index in [4.69, 9.17) is 16.7 Å². The van der Waals surface area contributed by atoms with E-state index in [9.17, 15) is 9.18 Å². The van der Waals surface area contributed by atoms with Crippen LogP contribution in [-0.4, -0.2) is 29.2 Å². The van der Waals surface area contributed by atoms with Crippen molar-refractivity contribution in [1.82, 2.24) is 5.01 Å². The number of hydrazone groups is 1. The van der Waals surface area contributed by atoms with Crippen LogP contribution in [0.4, 0.5) is 10.1 Å². The minimum Gasteiger partial charge on any atom is -0.302 e. The molecule has 1 amide bonds. The van der Waals surface area contributed by atoms with Crippen molar-refractivity contribution in [2.24, 2.45) is 11.0 Å². The van der Waals surface area contributed by atoms with Gasteiger partial charge >= 0.3 is 0 Å². The topological polar surface area (TPSA) is 35.9 Å². The fourth-order valence-corrected chi connectivity index (χ4v) is 5.49. The lowest BCUT2D eigenvalue weighted by atomic mass is 9.84. The minimum absolute atomic E-state index is 0.0313. The number of hydrogen-bond donors (Lipinski definition) is 0. The Balaban J connectivity index is 1.70. The Labute approximate surface area is 212 Å². The second kappa shape index (κ2) is 9.16. The molecule has 2 aliphatic rings. The smallest absolute Gasteiger partial charge is 0.252 e. The normalized spacial score (nSPS) is 21.7. The van der Waals surface area contributed by atoms with Gasteiger partial charge < -0.3 is 4.90 Å². The van der Waals surface area contributed by atoms with E-state index in [2.05, 4.69) is 22.9 Å². The number of hydrogen-bond acceptors (Lipinski definition) is 3. The average molecular weight is 541 g/mol. The second-order valence-electron chi connectivity index (χ2n) is 8.77. The maximum atomic E-state index is 14.4. The molecule has 3 unspecified atom stereocenters. The monoisotopic (exact) mass is 539 g/mol. The van der Waals surface area contributed by atoms with E-state index in [-0.39, 0.29) is 17.6 Å². The molecule has 2 heterocycles. The average Bonchev–Trinajstić information content (AvgIpc) is 3.32. The van der Waals surface area contributed by atoms with E-state index >= 15 is 0 Å². The van der Waals surface area contributed by atoms with Crippen LogP contribution in [0.15, 0.2) is 76.3 Å². The lowest BCUT2D eigenvalue weighted by Crippen LogP contribution is -2.39. The van der Waals surface area contributed by atoms with Crippen LogP contribution in [0.1, 0.15) is 36.1 Å². The van der Waals surface area contributed by atoms with E-state index in [0.717, 1.165) is 39.0 Å². The number of anilines is 1. The zero-order valence-electron chi connectivity index (χ0n) is 18.9. The molecule has 5 rings (SSSR count). The quantitative estimate of drug-likeness (QED) is 0.359. The van der Waals surface area contributed by atoms with Gasteiger partial charge in [-0.1, -0.05) is 64.8 Å². The number of aryl methyl sites for hydroxylation is 1. The molecular formula is C27H24BrClFN3O. The fraction of sp³-hybridized carbons (Fsp3) is 0.259. The molecule has 0 saturated carbocycles. The first-order valence-corrected chi connectivity index (χ1v) is 12.5. The van der Waals surface area contributed by atoms with Crippen LogP contribution in [0.2, 0.25) is 5.02 Å². The maximum Gasteiger partial charge on any atom is 0.252 e. The van der Waals surface area contributed by atoms with Crippen LogP contribution in [-0.2, 0) is 4.79 Å². The number of benzene rings is 3. The predicted octanol–water partition coefficient (Wildman–Crippen LogP) is 6.75. The van der Waals surface area contributed by atoms with Crippen molar-refractivity contribution in [3.05, 3.63) is 98.7 Å². The van der Waals surface area contributed by atoms with Crippen molar-refractivity contribution in [2.75, 3.05) is 11.4 Å². The van der Waals surface area contributed by atoms with Gasteiger partial charge in [-0.15, -0.1) is 0 Å². The lowest BCUT2D eigenvalue weighted by Gasteiger charge is -2.29. The predicted molar refractivity (Wildman–Crippen MR) is 138 cm³/mol. The SMILES string of the molecule is CCCN1N=C(c2ccc(Cl)cc2)C2C1C(=O)N(c1ccc(C)c(Br)c1)C2c1cccc(F)c1. The molecule has 34 heavy (non-hydrogen) atoms. The van der Waals surface area contributed by atoms with Gasteiger partial charge in [-0.05, 0) is 66.4 Å². The maximum absolute atomic E-state index is 14.4. The number of carbonyl (C=O) groups excluding carboxylic acids is 1. The van der Waals surface area contributed by atoms with Crippen LogP contribution < -0.4 is 4.90 Å². The molecule has 3 aromatic carbocycles. The Hall–Kier alpha value is -2.70. The molecule has 2 aliphatic heterocycles. The van der Waals surface area contributed by atoms with Gasteiger partial charge in [0.2, 0.25) is 0 Å². The first-order chi connectivity index (χ1) is 16.4. The molecular weight excluding hydrogens is 517 g/mol. The minimum atomic E-state index is -0.459. The van der Waals surface area contributed by atoms with Gasteiger partial charge in [-0.25, -0.2) is 4.39 Å². The molecule has 1 fully saturated rings. The van der Waals surface area contributed by atoms with Crippen LogP contribution in [0.25, 0.3) is 0 Å². The van der Waals surface area contributed by atoms with Crippen LogP contribution in [0.3, 0.4) is 0 Å². The van der Waals surface area contributed by atoms with E-state index in [1.54, 1.807) is 6.07 Å². The van der Waals surface area contributed by atoms with Crippen molar-refractivity contribution in [1.29, 1.82) is 0 Å². The third-order valence-corrected chi connectivity index (χ3v) is 7.64. The molecule has 4 nitrogen and oxygen atoms in total. The summed E-state index contributed by atoms with van der Waals surface area (Å²) in [6, 6.07) is 19.1. The van der Waals surface area contributed by atoms with Gasteiger partial charge in [0.1, 0.15) is 11.9 Å². The van der Waals surface area contributed by atoms with Crippen LogP contribution in [0, 0.1) is 18.7 Å². The third-order valence-electron chi connectivity index (χ3n) is 6.54. The van der Waals surface area contributed by atoms with Crippen molar-refractivity contribution in [3.63, 3.8) is 0 Å². The Bertz CT molecular complexity index is 1280. The second-order valence-corrected chi connectivity index (χ2v) is 10.1. The van der Waals surface area contributed by atoms with Gasteiger partial charge in [0, 0.05) is 21.7 Å². The number of nitrogens with zero attached hydrogens (tertiary/aromatic N) is 3. The fourth-order valence-electron chi connectivity index (χ4n) is 5.00. The number of fused-ring (bicyclic) bond motifs is 1. The Morgan fingerprint density at radius 3 is 2.50 bits per heavy atom. The molecule has 0 N–H and O–H groups in total. The summed E-state index contributed by atoms with van der Waals surface area (Å²) in [4.78, 5) is 15.9. The summed E-state index contributed by atoms with van der Waals surface area (Å²) < 4.78 is 15.3. The summed E-state index contributed by atoms with van der Waals surface area (Å²) in [5, 5.41) is 7.47. The van der Waals surface area contributed by atoms with Crippen LogP contribution in [0.5, 0.6) is 0 Å². The summed E-state index contributed by atoms with van der Waals surface area (Å²) in [6.45, 7) is 4.74. The number of carbonyl (C=O) groups is 1. The van der Waals surface area contributed by atoms with E-state index in [1.165, 1.54) is 12.1 Å². The molecule has 7 heteroatoms. The zero-order valence-corrected chi connectivity index (χ0v) is 21.2. The van der Waals surface area contributed by atoms with E-state index in [1.807, 2.05) is 65.4 Å². The van der Waals surface area contributed by atoms with Gasteiger partial charge in [-0.2, -0.15) is 5.10 Å². The molecule has 0 aromatic heterocycles. The Morgan fingerprint density at radius 1 is 1.06 bits per heavy atom. The molecule has 0 spiro atoms. The highest BCUT2D eigenvalue weighted by molar-refractivity contribution is 9.10. The van der Waals surface area contributed by atoms with Crippen molar-refractivity contribution >= 4 is 44.8 Å². The Kier molecular flexibility index (Phi) is 6.21. The first-order valence-electron chi connectivity index (χ1n) is 11.3. The van der Waals surface area contributed by atoms with Crippen molar-refractivity contribution in [2.45, 2.75) is 32.4 Å². The summed E-state index contributed by atoms with van der Waals surface area (Å²) in [5.74, 6) is -0.620. The summed E-state index contributed by atoms with van der Waals surface area (Å²) in [5.41, 5.74) is 4.34. The van der Waals surface area contributed by atoms with Gasteiger partial charge in [0.05, 0.1) is 17.7 Å². The zero-order chi connectivity index (χ0) is 24.0. The van der Waals surface area contributed by atoms with Gasteiger partial charge in [-0.3, -0.25) is 9.80 Å². The third kappa shape index (κ3) is 3.93. The van der Waals surface area contributed by atoms with E-state index in [0.29, 0.717) is 11.6 Å². The molecule has 0 aliphatic carbocycles. The summed E-state index contributed by atoms with van der Waals surface area (Å²) >= 11 is 9.75. The summed E-state index contributed by atoms with van der Waals surface area (Å²) in [7, 11) is 0. The first kappa shape index (κ1) is 23.1. The molecule has 174 valence electrons. The van der Waals surface area contributed by atoms with Crippen molar-refractivity contribution in [3.8, 4) is 0 Å². The number of amides is 1. The number of rotatable bonds is 5. The standard InChI is InChI=1S/C27H24BrClFN3O/c1-3-13-32-26-23(24(31-32)17-8-10-19(29)11-9-17)25(18-5-4-6-20(30)14-18)33(27(26)34)21-12-7-16(2)22(28)15-21/h4-12,14-15,23,25-26H,3,13H2,1-2H3. The van der Waals surface area contributed by atoms with Gasteiger partial charge in [0.25, 0.3) is 5.91 Å².